The highest BCUT2D eigenvalue weighted by molar-refractivity contribution is 8.04. The van der Waals surface area contributed by atoms with Crippen LogP contribution in [0.15, 0.2) is 70.1 Å². The number of likely N-dealkylation sites (N-methyl/N-ethyl adjacent to an activating group) is 1. The number of nitrogens with zero attached hydrogens (tertiary/aromatic N) is 2. The quantitative estimate of drug-likeness (QED) is 0.450. The van der Waals surface area contributed by atoms with E-state index in [1.807, 2.05) is 49.2 Å². The Hall–Kier alpha value is -3.10. The summed E-state index contributed by atoms with van der Waals surface area (Å²) in [5, 5.41) is 0. The lowest BCUT2D eigenvalue weighted by molar-refractivity contribution is -0.885. The first-order chi connectivity index (χ1) is 16.9. The number of hydrogen-bond donors (Lipinski definition) is 1. The van der Waals surface area contributed by atoms with Crippen LogP contribution in [0, 0.1) is 0 Å². The van der Waals surface area contributed by atoms with Crippen molar-refractivity contribution in [2.45, 2.75) is 37.1 Å². The maximum Gasteiger partial charge on any atom is 0.338 e. The number of carbonyl (C=O) groups excluding carboxylic acids is 3. The number of nitrogens with one attached hydrogen (secondary N) is 1. The van der Waals surface area contributed by atoms with Gasteiger partial charge in [-0.25, -0.2) is 9.69 Å². The van der Waals surface area contributed by atoms with Crippen molar-refractivity contribution in [3.8, 4) is 0 Å². The van der Waals surface area contributed by atoms with E-state index in [1.165, 1.54) is 21.6 Å². The van der Waals surface area contributed by atoms with Gasteiger partial charge in [-0.15, -0.1) is 0 Å². The van der Waals surface area contributed by atoms with Gasteiger partial charge in [-0.2, -0.15) is 0 Å². The van der Waals surface area contributed by atoms with Crippen LogP contribution < -0.4 is 9.80 Å². The second-order valence-electron chi connectivity index (χ2n) is 9.02. The largest absolute Gasteiger partial charge is 0.462 e. The van der Waals surface area contributed by atoms with Gasteiger partial charge >= 0.3 is 5.97 Å². The summed E-state index contributed by atoms with van der Waals surface area (Å²) in [5.74, 6) is -1.09. The molecule has 0 unspecified atom stereocenters. The third kappa shape index (κ3) is 5.44. The van der Waals surface area contributed by atoms with Gasteiger partial charge in [0, 0.05) is 30.8 Å². The fraction of sp³-hybridized carbons (Fsp3) is 0.370. The highest BCUT2D eigenvalue weighted by atomic mass is 32.2. The molecule has 0 aromatic heterocycles. The average molecular weight is 495 g/mol. The number of thioether (sulfide) groups is 1. The molecule has 1 saturated heterocycles. The summed E-state index contributed by atoms with van der Waals surface area (Å²) in [6.45, 7) is 4.35. The van der Waals surface area contributed by atoms with E-state index in [-0.39, 0.29) is 17.9 Å². The Morgan fingerprint density at radius 2 is 1.71 bits per heavy atom. The second kappa shape index (κ2) is 11.1. The summed E-state index contributed by atoms with van der Waals surface area (Å²) in [7, 11) is 4.10. The maximum atomic E-state index is 13.7. The lowest BCUT2D eigenvalue weighted by Gasteiger charge is -2.35. The molecule has 8 heteroatoms. The van der Waals surface area contributed by atoms with Crippen LogP contribution in [0.1, 0.15) is 36.5 Å². The number of rotatable bonds is 8. The number of imide groups is 1. The number of quaternary nitrogens is 1. The lowest BCUT2D eigenvalue weighted by Crippen LogP contribution is -3.10. The van der Waals surface area contributed by atoms with E-state index in [4.69, 9.17) is 4.74 Å². The second-order valence-corrected chi connectivity index (χ2v) is 10.1. The molecule has 0 saturated carbocycles. The van der Waals surface area contributed by atoms with Crippen LogP contribution in [0.3, 0.4) is 0 Å². The summed E-state index contributed by atoms with van der Waals surface area (Å²) >= 11 is 1.33. The fourth-order valence-electron chi connectivity index (χ4n) is 4.43. The molecular formula is C27H32N3O4S+. The minimum Gasteiger partial charge on any atom is -0.462 e. The minimum absolute atomic E-state index is 0.201. The number of anilines is 1. The Bertz CT molecular complexity index is 1110. The number of amides is 2. The maximum absolute atomic E-state index is 13.7. The van der Waals surface area contributed by atoms with E-state index in [0.29, 0.717) is 28.5 Å². The van der Waals surface area contributed by atoms with Crippen LogP contribution in [0.2, 0.25) is 0 Å². The fourth-order valence-corrected chi connectivity index (χ4v) is 5.47. The van der Waals surface area contributed by atoms with E-state index in [2.05, 4.69) is 7.05 Å². The number of piperidine rings is 1. The first kappa shape index (κ1) is 25.0. The molecule has 2 amide bonds. The van der Waals surface area contributed by atoms with Gasteiger partial charge in [0.15, 0.2) is 0 Å². The predicted molar refractivity (Wildman–Crippen MR) is 136 cm³/mol. The number of hydrogen-bond acceptors (Lipinski definition) is 6. The zero-order chi connectivity index (χ0) is 24.9. The molecule has 2 aromatic carbocycles. The van der Waals surface area contributed by atoms with Gasteiger partial charge in [0.05, 0.1) is 38.0 Å². The molecule has 4 rings (SSSR count). The average Bonchev–Trinajstić information content (AvgIpc) is 3.12. The van der Waals surface area contributed by atoms with E-state index in [0.717, 1.165) is 37.2 Å². The number of carbonyl (C=O) groups is 3. The van der Waals surface area contributed by atoms with E-state index >= 15 is 0 Å². The van der Waals surface area contributed by atoms with Crippen molar-refractivity contribution < 1.29 is 24.0 Å². The summed E-state index contributed by atoms with van der Waals surface area (Å²) in [4.78, 5) is 45.6. The minimum atomic E-state index is -0.416. The zero-order valence-electron chi connectivity index (χ0n) is 20.5. The van der Waals surface area contributed by atoms with E-state index < -0.39 is 5.97 Å². The van der Waals surface area contributed by atoms with Crippen molar-refractivity contribution in [1.82, 2.24) is 4.90 Å². The molecule has 0 radical (unpaired) electrons. The van der Waals surface area contributed by atoms with Crippen molar-refractivity contribution in [3.63, 3.8) is 0 Å². The van der Waals surface area contributed by atoms with Crippen molar-refractivity contribution in [3.05, 3.63) is 70.8 Å². The first-order valence-corrected chi connectivity index (χ1v) is 12.9. The van der Waals surface area contributed by atoms with Crippen molar-refractivity contribution in [1.29, 1.82) is 0 Å². The molecule has 1 fully saturated rings. The van der Waals surface area contributed by atoms with Crippen molar-refractivity contribution in [2.24, 2.45) is 0 Å². The zero-order valence-corrected chi connectivity index (χ0v) is 21.3. The van der Waals surface area contributed by atoms with Crippen LogP contribution in [0.4, 0.5) is 5.69 Å². The third-order valence-electron chi connectivity index (χ3n) is 6.49. The molecule has 0 bridgehead atoms. The molecule has 0 aliphatic carbocycles. The Morgan fingerprint density at radius 1 is 1.06 bits per heavy atom. The monoisotopic (exact) mass is 494 g/mol. The van der Waals surface area contributed by atoms with E-state index in [1.54, 1.807) is 24.3 Å². The van der Waals surface area contributed by atoms with Crippen LogP contribution in [0.5, 0.6) is 0 Å². The lowest BCUT2D eigenvalue weighted by atomic mass is 10.0. The van der Waals surface area contributed by atoms with Crippen LogP contribution in [-0.4, -0.2) is 62.5 Å². The Morgan fingerprint density at radius 3 is 2.34 bits per heavy atom. The van der Waals surface area contributed by atoms with Crippen LogP contribution in [-0.2, 0) is 14.3 Å². The molecule has 184 valence electrons. The first-order valence-electron chi connectivity index (χ1n) is 12.1. The van der Waals surface area contributed by atoms with Gasteiger partial charge in [0.1, 0.15) is 10.6 Å². The van der Waals surface area contributed by atoms with Gasteiger partial charge in [-0.3, -0.25) is 9.59 Å². The molecule has 2 aliphatic heterocycles. The van der Waals surface area contributed by atoms with Gasteiger partial charge in [-0.1, -0.05) is 36.9 Å². The third-order valence-corrected chi connectivity index (χ3v) is 7.57. The summed E-state index contributed by atoms with van der Waals surface area (Å²) < 4.78 is 5.19. The molecule has 2 aromatic rings. The van der Waals surface area contributed by atoms with Crippen LogP contribution in [0.25, 0.3) is 0 Å². The van der Waals surface area contributed by atoms with Crippen molar-refractivity contribution >= 4 is 35.2 Å². The summed E-state index contributed by atoms with van der Waals surface area (Å²) in [6, 6.07) is 16.3. The molecule has 2 heterocycles. The number of ether oxygens (including phenoxy) is 1. The number of likely N-dealkylation sites (tertiary alicyclic amines) is 1. The van der Waals surface area contributed by atoms with Gasteiger partial charge in [0.25, 0.3) is 11.8 Å². The van der Waals surface area contributed by atoms with Gasteiger partial charge in [0.2, 0.25) is 0 Å². The highest BCUT2D eigenvalue weighted by Crippen LogP contribution is 2.39. The number of esters is 1. The molecule has 7 nitrogen and oxygen atoms in total. The Balaban J connectivity index is 1.63. The standard InChI is InChI=1S/C27H31N3O4S/c1-4-18-34-27(33)19-10-12-21(13-11-19)30-25(31)23(29(3)20-14-16-28(2)17-15-20)24(26(30)32)35-22-8-6-5-7-9-22/h5-13,20H,4,14-18H2,1-3H3/p+1. The molecule has 1 N–H and O–H groups in total. The SMILES string of the molecule is CCCOC(=O)c1ccc(N2C(=O)C(Sc3ccccc3)=C(N(C)C3CC[NH+](C)CC3)C2=O)cc1. The van der Waals surface area contributed by atoms with Crippen LogP contribution >= 0.6 is 11.8 Å². The Kier molecular flexibility index (Phi) is 7.93. The molecule has 0 atom stereocenters. The Labute approximate surface area is 210 Å². The summed E-state index contributed by atoms with van der Waals surface area (Å²) in [6.07, 6.45) is 2.67. The van der Waals surface area contributed by atoms with Gasteiger partial charge < -0.3 is 14.5 Å². The highest BCUT2D eigenvalue weighted by Gasteiger charge is 2.43. The summed E-state index contributed by atoms with van der Waals surface area (Å²) in [5.41, 5.74) is 1.27. The number of benzene rings is 2. The van der Waals surface area contributed by atoms with Crippen molar-refractivity contribution in [2.75, 3.05) is 38.7 Å². The van der Waals surface area contributed by atoms with E-state index in [9.17, 15) is 14.4 Å². The van der Waals surface area contributed by atoms with Gasteiger partial charge in [-0.05, 0) is 42.8 Å². The molecule has 2 aliphatic rings. The predicted octanol–water partition coefficient (Wildman–Crippen LogP) is 2.74. The molecule has 0 spiro atoms. The molecular weight excluding hydrogens is 462 g/mol. The normalized spacial score (nSPS) is 20.4. The molecule has 35 heavy (non-hydrogen) atoms. The smallest absolute Gasteiger partial charge is 0.338 e. The topological polar surface area (TPSA) is 71.4 Å².